The predicted octanol–water partition coefficient (Wildman–Crippen LogP) is 3.89. The first-order chi connectivity index (χ1) is 10.8. The van der Waals surface area contributed by atoms with Crippen LogP contribution in [0.25, 0.3) is 11.3 Å². The number of rotatable bonds is 4. The molecule has 0 aliphatic carbocycles. The maximum absolute atomic E-state index is 12.0. The molecule has 0 saturated carbocycles. The van der Waals surface area contributed by atoms with Crippen molar-refractivity contribution >= 4 is 35.1 Å². The first-order valence-electron chi connectivity index (χ1n) is 6.77. The van der Waals surface area contributed by atoms with E-state index in [-0.39, 0.29) is 11.7 Å². The molecule has 1 atom stereocenters. The van der Waals surface area contributed by atoms with Crippen LogP contribution in [-0.4, -0.2) is 37.0 Å². The zero-order valence-electron chi connectivity index (χ0n) is 12.8. The van der Waals surface area contributed by atoms with E-state index >= 15 is 0 Å². The van der Waals surface area contributed by atoms with Crippen LogP contribution in [0.15, 0.2) is 34.7 Å². The fourth-order valence-corrected chi connectivity index (χ4v) is 2.29. The van der Waals surface area contributed by atoms with Gasteiger partial charge in [-0.1, -0.05) is 23.2 Å². The van der Waals surface area contributed by atoms with Crippen LogP contribution in [0.3, 0.4) is 0 Å². The summed E-state index contributed by atoms with van der Waals surface area (Å²) in [6, 6.07) is 7.97. The molecule has 0 unspecified atom stereocenters. The zero-order chi connectivity index (χ0) is 17.1. The molecule has 2 aromatic rings. The zero-order valence-corrected chi connectivity index (χ0v) is 14.3. The number of likely N-dealkylation sites (N-methyl/N-ethyl adjacent to an activating group) is 1. The Hall–Kier alpha value is -1.98. The standard InChI is InChI=1S/C16H15Cl2NO4/c1-9(15(20)19(2)3)22-16(21)14-7-6-13(23-14)11-8-10(17)4-5-12(11)18/h4-9H,1-3H3/t9-/m1/s1. The summed E-state index contributed by atoms with van der Waals surface area (Å²) in [6.07, 6.45) is -0.902. The third-order valence-corrected chi connectivity index (χ3v) is 3.64. The number of esters is 1. The van der Waals surface area contributed by atoms with Gasteiger partial charge in [0.15, 0.2) is 6.10 Å². The average molecular weight is 356 g/mol. The number of halogens is 2. The lowest BCUT2D eigenvalue weighted by Crippen LogP contribution is -2.34. The molecule has 0 spiro atoms. The summed E-state index contributed by atoms with van der Waals surface area (Å²) < 4.78 is 10.5. The van der Waals surface area contributed by atoms with Crippen molar-refractivity contribution in [3.05, 3.63) is 46.1 Å². The van der Waals surface area contributed by atoms with Crippen molar-refractivity contribution in [1.82, 2.24) is 4.90 Å². The van der Waals surface area contributed by atoms with Crippen molar-refractivity contribution in [3.63, 3.8) is 0 Å². The van der Waals surface area contributed by atoms with Gasteiger partial charge in [-0.2, -0.15) is 0 Å². The van der Waals surface area contributed by atoms with E-state index in [0.717, 1.165) is 0 Å². The summed E-state index contributed by atoms with van der Waals surface area (Å²) in [5.41, 5.74) is 0.565. The van der Waals surface area contributed by atoms with E-state index in [1.54, 1.807) is 38.4 Å². The molecule has 1 aromatic heterocycles. The average Bonchev–Trinajstić information content (AvgIpc) is 2.98. The molecule has 0 bridgehead atoms. The van der Waals surface area contributed by atoms with Gasteiger partial charge in [-0.25, -0.2) is 4.79 Å². The Bertz CT molecular complexity index is 739. The Kier molecular flexibility index (Phi) is 5.34. The predicted molar refractivity (Wildman–Crippen MR) is 87.7 cm³/mol. The Balaban J connectivity index is 2.17. The van der Waals surface area contributed by atoms with E-state index in [1.807, 2.05) is 0 Å². The Morgan fingerprint density at radius 1 is 1.17 bits per heavy atom. The molecule has 0 fully saturated rings. The van der Waals surface area contributed by atoms with Gasteiger partial charge < -0.3 is 14.1 Å². The number of hydrogen-bond donors (Lipinski definition) is 0. The molecule has 23 heavy (non-hydrogen) atoms. The van der Waals surface area contributed by atoms with E-state index in [2.05, 4.69) is 0 Å². The number of carbonyl (C=O) groups excluding carboxylic acids is 2. The number of benzene rings is 1. The Labute approximate surface area is 143 Å². The van der Waals surface area contributed by atoms with Gasteiger partial charge in [0.1, 0.15) is 5.76 Å². The highest BCUT2D eigenvalue weighted by molar-refractivity contribution is 6.35. The normalized spacial score (nSPS) is 11.9. The largest absolute Gasteiger partial charge is 0.449 e. The van der Waals surface area contributed by atoms with Crippen molar-refractivity contribution in [2.24, 2.45) is 0 Å². The van der Waals surface area contributed by atoms with Gasteiger partial charge in [-0.15, -0.1) is 0 Å². The summed E-state index contributed by atoms with van der Waals surface area (Å²) in [6.45, 7) is 1.50. The molecule has 1 amide bonds. The summed E-state index contributed by atoms with van der Waals surface area (Å²) in [4.78, 5) is 25.1. The molecule has 1 aromatic carbocycles. The molecule has 0 saturated heterocycles. The van der Waals surface area contributed by atoms with Crippen LogP contribution in [0.5, 0.6) is 0 Å². The van der Waals surface area contributed by atoms with Crippen LogP contribution in [0.4, 0.5) is 0 Å². The highest BCUT2D eigenvalue weighted by Gasteiger charge is 2.22. The summed E-state index contributed by atoms with van der Waals surface area (Å²) in [5.74, 6) is -0.675. The third-order valence-electron chi connectivity index (χ3n) is 3.07. The minimum Gasteiger partial charge on any atom is -0.449 e. The van der Waals surface area contributed by atoms with Crippen LogP contribution >= 0.6 is 23.2 Å². The Morgan fingerprint density at radius 3 is 2.52 bits per heavy atom. The summed E-state index contributed by atoms with van der Waals surface area (Å²) in [7, 11) is 3.16. The van der Waals surface area contributed by atoms with Gasteiger partial charge in [0, 0.05) is 24.7 Å². The van der Waals surface area contributed by atoms with E-state index in [0.29, 0.717) is 21.4 Å². The number of nitrogens with zero attached hydrogens (tertiary/aromatic N) is 1. The molecular weight excluding hydrogens is 341 g/mol. The lowest BCUT2D eigenvalue weighted by Gasteiger charge is -2.16. The lowest BCUT2D eigenvalue weighted by molar-refractivity contribution is -0.137. The maximum atomic E-state index is 12.0. The molecule has 0 radical (unpaired) electrons. The second-order valence-corrected chi connectivity index (χ2v) is 5.91. The van der Waals surface area contributed by atoms with Gasteiger partial charge in [0.05, 0.1) is 5.02 Å². The van der Waals surface area contributed by atoms with Crippen LogP contribution in [0.2, 0.25) is 10.0 Å². The fourth-order valence-electron chi connectivity index (χ4n) is 1.91. The van der Waals surface area contributed by atoms with Gasteiger partial charge in [0.2, 0.25) is 5.76 Å². The van der Waals surface area contributed by atoms with E-state index < -0.39 is 12.1 Å². The maximum Gasteiger partial charge on any atom is 0.375 e. The number of hydrogen-bond acceptors (Lipinski definition) is 4. The van der Waals surface area contributed by atoms with Gasteiger partial charge in [-0.05, 0) is 37.3 Å². The van der Waals surface area contributed by atoms with Crippen molar-refractivity contribution in [3.8, 4) is 11.3 Å². The number of carbonyl (C=O) groups is 2. The molecular formula is C16H15Cl2NO4. The molecule has 0 N–H and O–H groups in total. The topological polar surface area (TPSA) is 59.8 Å². The minimum atomic E-state index is -0.902. The Morgan fingerprint density at radius 2 is 1.87 bits per heavy atom. The minimum absolute atomic E-state index is 0.0190. The number of amides is 1. The van der Waals surface area contributed by atoms with Crippen LogP contribution in [-0.2, 0) is 9.53 Å². The molecule has 0 aliphatic heterocycles. The van der Waals surface area contributed by atoms with Crippen LogP contribution in [0.1, 0.15) is 17.5 Å². The van der Waals surface area contributed by atoms with E-state index in [1.165, 1.54) is 17.9 Å². The van der Waals surface area contributed by atoms with Gasteiger partial charge in [-0.3, -0.25) is 4.79 Å². The summed E-state index contributed by atoms with van der Waals surface area (Å²) in [5, 5.41) is 0.940. The van der Waals surface area contributed by atoms with Gasteiger partial charge in [0.25, 0.3) is 5.91 Å². The molecule has 7 heteroatoms. The first kappa shape index (κ1) is 17.4. The third kappa shape index (κ3) is 4.06. The summed E-state index contributed by atoms with van der Waals surface area (Å²) >= 11 is 12.0. The quantitative estimate of drug-likeness (QED) is 0.780. The van der Waals surface area contributed by atoms with E-state index in [9.17, 15) is 9.59 Å². The number of furan rings is 1. The highest BCUT2D eigenvalue weighted by atomic mass is 35.5. The molecule has 1 heterocycles. The SMILES string of the molecule is C[C@@H](OC(=O)c1ccc(-c2cc(Cl)ccc2Cl)o1)C(=O)N(C)C. The smallest absolute Gasteiger partial charge is 0.375 e. The molecule has 2 rings (SSSR count). The number of ether oxygens (including phenoxy) is 1. The monoisotopic (exact) mass is 355 g/mol. The molecule has 5 nitrogen and oxygen atoms in total. The van der Waals surface area contributed by atoms with Crippen molar-refractivity contribution < 1.29 is 18.7 Å². The van der Waals surface area contributed by atoms with Crippen LogP contribution < -0.4 is 0 Å². The fraction of sp³-hybridized carbons (Fsp3) is 0.250. The lowest BCUT2D eigenvalue weighted by atomic mass is 10.2. The van der Waals surface area contributed by atoms with Crippen LogP contribution in [0, 0.1) is 0 Å². The van der Waals surface area contributed by atoms with Crippen molar-refractivity contribution in [2.75, 3.05) is 14.1 Å². The molecule has 122 valence electrons. The second-order valence-electron chi connectivity index (χ2n) is 5.07. The van der Waals surface area contributed by atoms with Crippen molar-refractivity contribution in [2.45, 2.75) is 13.0 Å². The first-order valence-corrected chi connectivity index (χ1v) is 7.52. The molecule has 0 aliphatic rings. The second kappa shape index (κ2) is 7.06. The van der Waals surface area contributed by atoms with E-state index in [4.69, 9.17) is 32.4 Å². The van der Waals surface area contributed by atoms with Gasteiger partial charge >= 0.3 is 5.97 Å². The van der Waals surface area contributed by atoms with Crippen molar-refractivity contribution in [1.29, 1.82) is 0 Å². The highest BCUT2D eigenvalue weighted by Crippen LogP contribution is 2.32.